The van der Waals surface area contributed by atoms with E-state index < -0.39 is 28.5 Å². The molecule has 9 heteroatoms. The lowest BCUT2D eigenvalue weighted by Gasteiger charge is -2.34. The number of rotatable bonds is 12. The Labute approximate surface area is 238 Å². The molecule has 2 amide bonds. The fraction of sp³-hybridized carbons (Fsp3) is 0.355. The first-order valence-electron chi connectivity index (χ1n) is 13.4. The molecule has 8 nitrogen and oxygen atoms in total. The van der Waals surface area contributed by atoms with Gasteiger partial charge in [0.05, 0.1) is 17.7 Å². The quantitative estimate of drug-likeness (QED) is 0.339. The molecule has 3 aromatic carbocycles. The number of aryl methyl sites for hydroxylation is 2. The van der Waals surface area contributed by atoms with Crippen LogP contribution in [0.2, 0.25) is 0 Å². The molecule has 0 radical (unpaired) electrons. The molecular weight excluding hydrogens is 526 g/mol. The Hall–Kier alpha value is -3.85. The zero-order valence-corrected chi connectivity index (χ0v) is 24.9. The molecule has 1 atom stereocenters. The lowest BCUT2D eigenvalue weighted by Crippen LogP contribution is -2.53. The van der Waals surface area contributed by atoms with Crippen molar-refractivity contribution >= 4 is 27.5 Å². The van der Waals surface area contributed by atoms with Crippen LogP contribution in [0.5, 0.6) is 5.75 Å². The van der Waals surface area contributed by atoms with Crippen molar-refractivity contribution in [3.63, 3.8) is 0 Å². The van der Waals surface area contributed by atoms with E-state index >= 15 is 0 Å². The van der Waals surface area contributed by atoms with Crippen LogP contribution < -0.4 is 14.4 Å². The first-order chi connectivity index (χ1) is 19.0. The van der Waals surface area contributed by atoms with Crippen molar-refractivity contribution in [2.75, 3.05) is 18.0 Å². The number of amides is 2. The number of sulfonamides is 1. The Kier molecular flexibility index (Phi) is 10.3. The van der Waals surface area contributed by atoms with Crippen molar-refractivity contribution in [1.29, 1.82) is 0 Å². The zero-order valence-electron chi connectivity index (χ0n) is 24.0. The Bertz CT molecular complexity index is 1420. The van der Waals surface area contributed by atoms with Crippen molar-refractivity contribution in [1.82, 2.24) is 10.2 Å². The summed E-state index contributed by atoms with van der Waals surface area (Å²) in [5, 5.41) is 2.91. The maximum atomic E-state index is 14.2. The summed E-state index contributed by atoms with van der Waals surface area (Å²) in [7, 11) is -2.72. The minimum Gasteiger partial charge on any atom is -0.495 e. The van der Waals surface area contributed by atoms with Gasteiger partial charge in [-0.05, 0) is 75.1 Å². The van der Waals surface area contributed by atoms with Crippen molar-refractivity contribution < 1.29 is 22.7 Å². The number of anilines is 1. The van der Waals surface area contributed by atoms with Crippen LogP contribution in [-0.4, -0.2) is 50.9 Å². The fourth-order valence-electron chi connectivity index (χ4n) is 4.50. The average molecular weight is 566 g/mol. The number of ether oxygens (including phenoxy) is 1. The molecule has 214 valence electrons. The van der Waals surface area contributed by atoms with Crippen molar-refractivity contribution in [2.24, 2.45) is 0 Å². The molecule has 0 aliphatic carbocycles. The molecular formula is C31H39N3O5S. The van der Waals surface area contributed by atoms with Crippen LogP contribution in [0.25, 0.3) is 0 Å². The van der Waals surface area contributed by atoms with E-state index in [1.165, 1.54) is 24.1 Å². The van der Waals surface area contributed by atoms with Crippen LogP contribution in [0.4, 0.5) is 5.69 Å². The fourth-order valence-corrected chi connectivity index (χ4v) is 5.94. The second kappa shape index (κ2) is 13.5. The highest BCUT2D eigenvalue weighted by Gasteiger charge is 2.35. The van der Waals surface area contributed by atoms with Gasteiger partial charge in [0.25, 0.3) is 10.0 Å². The van der Waals surface area contributed by atoms with Crippen LogP contribution in [0.3, 0.4) is 0 Å². The molecule has 0 fully saturated rings. The molecule has 0 saturated carbocycles. The first-order valence-corrected chi connectivity index (χ1v) is 14.8. The number of carbonyl (C=O) groups is 2. The molecule has 3 rings (SSSR count). The van der Waals surface area contributed by atoms with E-state index in [4.69, 9.17) is 4.74 Å². The van der Waals surface area contributed by atoms with Gasteiger partial charge in [0.2, 0.25) is 11.8 Å². The molecule has 0 aromatic heterocycles. The van der Waals surface area contributed by atoms with E-state index in [0.717, 1.165) is 21.0 Å². The number of carbonyl (C=O) groups excluding carboxylic acids is 2. The van der Waals surface area contributed by atoms with Crippen LogP contribution in [0.1, 0.15) is 43.9 Å². The highest BCUT2D eigenvalue weighted by Crippen LogP contribution is 2.33. The standard InChI is InChI=1S/C31H39N3O5S/c1-7-27(31(36)32-22(2)3)33(20-25-14-12-11-13-24(25)5)30(35)21-34(28-19-23(4)17-18-29(28)39-6)40(37,38)26-15-9-8-10-16-26/h8-19,22,27H,7,20-21H2,1-6H3,(H,32,36)/t27-/m0/s1. The molecule has 0 bridgehead atoms. The SMILES string of the molecule is CC[C@@H](C(=O)NC(C)C)N(Cc1ccccc1C)C(=O)CN(c1cc(C)ccc1OC)S(=O)(=O)c1ccccc1. The first kappa shape index (κ1) is 30.7. The third kappa shape index (κ3) is 7.21. The normalized spacial score (nSPS) is 12.1. The predicted molar refractivity (Wildman–Crippen MR) is 158 cm³/mol. The van der Waals surface area contributed by atoms with Gasteiger partial charge in [-0.2, -0.15) is 0 Å². The molecule has 1 N–H and O–H groups in total. The second-order valence-corrected chi connectivity index (χ2v) is 11.9. The highest BCUT2D eigenvalue weighted by atomic mass is 32.2. The van der Waals surface area contributed by atoms with E-state index in [-0.39, 0.29) is 29.1 Å². The van der Waals surface area contributed by atoms with E-state index in [2.05, 4.69) is 5.32 Å². The van der Waals surface area contributed by atoms with Gasteiger partial charge >= 0.3 is 0 Å². The van der Waals surface area contributed by atoms with Crippen LogP contribution in [0, 0.1) is 13.8 Å². The summed E-state index contributed by atoms with van der Waals surface area (Å²) in [4.78, 5) is 29.0. The minimum absolute atomic E-state index is 0.0430. The van der Waals surface area contributed by atoms with Gasteiger partial charge < -0.3 is 15.0 Å². The molecule has 0 saturated heterocycles. The van der Waals surface area contributed by atoms with Gasteiger partial charge in [-0.1, -0.05) is 55.5 Å². The topological polar surface area (TPSA) is 96.0 Å². The lowest BCUT2D eigenvalue weighted by atomic mass is 10.1. The van der Waals surface area contributed by atoms with Crippen molar-refractivity contribution in [2.45, 2.75) is 64.6 Å². The van der Waals surface area contributed by atoms with Gasteiger partial charge in [0.15, 0.2) is 0 Å². The highest BCUT2D eigenvalue weighted by molar-refractivity contribution is 7.92. The summed E-state index contributed by atoms with van der Waals surface area (Å²) >= 11 is 0. The number of nitrogens with one attached hydrogen (secondary N) is 1. The van der Waals surface area contributed by atoms with Gasteiger partial charge in [0.1, 0.15) is 18.3 Å². The Morgan fingerprint density at radius 1 is 0.950 bits per heavy atom. The summed E-state index contributed by atoms with van der Waals surface area (Å²) < 4.78 is 34.6. The van der Waals surface area contributed by atoms with E-state index in [9.17, 15) is 18.0 Å². The second-order valence-electron chi connectivity index (χ2n) is 10.0. The van der Waals surface area contributed by atoms with E-state index in [1.54, 1.807) is 30.3 Å². The number of hydrogen-bond donors (Lipinski definition) is 1. The van der Waals surface area contributed by atoms with E-state index in [1.807, 2.05) is 65.0 Å². The van der Waals surface area contributed by atoms with Gasteiger partial charge in [-0.15, -0.1) is 0 Å². The van der Waals surface area contributed by atoms with E-state index in [0.29, 0.717) is 12.2 Å². The summed E-state index contributed by atoms with van der Waals surface area (Å²) in [6.07, 6.45) is 0.357. The molecule has 0 spiro atoms. The Morgan fingerprint density at radius 3 is 2.20 bits per heavy atom. The number of benzene rings is 3. The van der Waals surface area contributed by atoms with Crippen LogP contribution in [-0.2, 0) is 26.2 Å². The molecule has 0 heterocycles. The van der Waals surface area contributed by atoms with Crippen LogP contribution >= 0.6 is 0 Å². The minimum atomic E-state index is -4.18. The summed E-state index contributed by atoms with van der Waals surface area (Å²) in [5.41, 5.74) is 2.89. The molecule has 3 aromatic rings. The summed E-state index contributed by atoms with van der Waals surface area (Å²) in [6.45, 7) is 8.97. The number of nitrogens with zero attached hydrogens (tertiary/aromatic N) is 2. The maximum absolute atomic E-state index is 14.2. The Morgan fingerprint density at radius 2 is 1.60 bits per heavy atom. The lowest BCUT2D eigenvalue weighted by molar-refractivity contribution is -0.140. The smallest absolute Gasteiger partial charge is 0.264 e. The van der Waals surface area contributed by atoms with Gasteiger partial charge in [-0.3, -0.25) is 13.9 Å². The molecule has 0 unspecified atom stereocenters. The zero-order chi connectivity index (χ0) is 29.4. The summed E-state index contributed by atoms with van der Waals surface area (Å²) in [6, 6.07) is 19.9. The van der Waals surface area contributed by atoms with Gasteiger partial charge in [0, 0.05) is 12.6 Å². The van der Waals surface area contributed by atoms with Crippen LogP contribution in [0.15, 0.2) is 77.7 Å². The molecule has 40 heavy (non-hydrogen) atoms. The number of hydrogen-bond acceptors (Lipinski definition) is 5. The Balaban J connectivity index is 2.13. The van der Waals surface area contributed by atoms with Crippen molar-refractivity contribution in [3.05, 3.63) is 89.5 Å². The largest absolute Gasteiger partial charge is 0.495 e. The molecule has 0 aliphatic rings. The van der Waals surface area contributed by atoms with Crippen molar-refractivity contribution in [3.8, 4) is 5.75 Å². The average Bonchev–Trinajstić information content (AvgIpc) is 2.92. The maximum Gasteiger partial charge on any atom is 0.264 e. The third-order valence-electron chi connectivity index (χ3n) is 6.63. The predicted octanol–water partition coefficient (Wildman–Crippen LogP) is 4.84. The number of methoxy groups -OCH3 is 1. The monoisotopic (exact) mass is 565 g/mol. The third-order valence-corrected chi connectivity index (χ3v) is 8.41. The van der Waals surface area contributed by atoms with Gasteiger partial charge in [-0.25, -0.2) is 8.42 Å². The molecule has 0 aliphatic heterocycles. The summed E-state index contributed by atoms with van der Waals surface area (Å²) in [5.74, 6) is -0.477.